The van der Waals surface area contributed by atoms with Gasteiger partial charge in [-0.1, -0.05) is 40.5 Å². The highest BCUT2D eigenvalue weighted by atomic mass is 35.5. The maximum atomic E-state index is 14.1. The third-order valence-corrected chi connectivity index (χ3v) is 6.20. The van der Waals surface area contributed by atoms with E-state index in [2.05, 4.69) is 10.5 Å². The molecule has 1 N–H and O–H groups in total. The fourth-order valence-electron chi connectivity index (χ4n) is 3.98. The van der Waals surface area contributed by atoms with Gasteiger partial charge in [0.1, 0.15) is 5.71 Å². The lowest BCUT2D eigenvalue weighted by molar-refractivity contribution is -0.140. The Balaban J connectivity index is 2.00. The average molecular weight is 557 g/mol. The molecule has 0 spiro atoms. The van der Waals surface area contributed by atoms with E-state index in [-0.39, 0.29) is 45.8 Å². The zero-order chi connectivity index (χ0) is 27.3. The van der Waals surface area contributed by atoms with Crippen LogP contribution in [0.5, 0.6) is 0 Å². The van der Waals surface area contributed by atoms with E-state index in [1.54, 1.807) is 25.1 Å². The highest BCUT2D eigenvalue weighted by Gasteiger charge is 2.36. The van der Waals surface area contributed by atoms with Crippen LogP contribution >= 0.6 is 23.2 Å². The van der Waals surface area contributed by atoms with Gasteiger partial charge in [0.2, 0.25) is 5.91 Å². The van der Waals surface area contributed by atoms with Gasteiger partial charge in [-0.15, -0.1) is 0 Å². The van der Waals surface area contributed by atoms with Crippen molar-refractivity contribution >= 4 is 46.4 Å². The molecule has 37 heavy (non-hydrogen) atoms. The predicted octanol–water partition coefficient (Wildman–Crippen LogP) is 6.44. The van der Waals surface area contributed by atoms with Crippen LogP contribution in [-0.2, 0) is 25.6 Å². The lowest BCUT2D eigenvalue weighted by Gasteiger charge is -2.17. The number of ether oxygens (including phenoxy) is 1. The number of allylic oxidation sites excluding steroid dienone is 2. The molecular formula is C26H25Cl2F3N2O4. The summed E-state index contributed by atoms with van der Waals surface area (Å²) in [6, 6.07) is 8.33. The van der Waals surface area contributed by atoms with Crippen molar-refractivity contribution in [2.45, 2.75) is 51.4 Å². The number of halogens is 5. The number of oxime groups is 1. The van der Waals surface area contributed by atoms with E-state index >= 15 is 0 Å². The first-order chi connectivity index (χ1) is 17.4. The largest absolute Gasteiger partial charge is 0.417 e. The Labute approximate surface area is 222 Å². The third-order valence-electron chi connectivity index (χ3n) is 5.76. The molecule has 0 saturated carbocycles. The number of fused-ring (bicyclic) bond motifs is 1. The van der Waals surface area contributed by atoms with Gasteiger partial charge in [-0.2, -0.15) is 13.2 Å². The summed E-state index contributed by atoms with van der Waals surface area (Å²) in [5.74, 6) is -0.953. The number of nitrogens with one attached hydrogen (secondary N) is 1. The van der Waals surface area contributed by atoms with Crippen molar-refractivity contribution < 1.29 is 32.3 Å². The Hall–Kier alpha value is -2.88. The molecule has 0 radical (unpaired) electrons. The molecule has 3 rings (SSSR count). The molecule has 2 aromatic rings. The summed E-state index contributed by atoms with van der Waals surface area (Å²) in [6.45, 7) is 2.88. The number of hydrogen-bond acceptors (Lipinski definition) is 5. The van der Waals surface area contributed by atoms with E-state index in [1.165, 1.54) is 13.2 Å². The number of alkyl halides is 3. The molecule has 2 unspecified atom stereocenters. The molecule has 6 nitrogen and oxygen atoms in total. The summed E-state index contributed by atoms with van der Waals surface area (Å²) >= 11 is 11.9. The molecule has 1 amide bonds. The van der Waals surface area contributed by atoms with Gasteiger partial charge < -0.3 is 14.9 Å². The molecule has 11 heteroatoms. The highest BCUT2D eigenvalue weighted by molar-refractivity contribution is 6.35. The summed E-state index contributed by atoms with van der Waals surface area (Å²) in [5.41, 5.74) is 0.440. The molecule has 0 heterocycles. The van der Waals surface area contributed by atoms with Gasteiger partial charge >= 0.3 is 12.1 Å². The standard InChI is InChI=1S/C26H25Cl2F3N2O4/c1-14(36-3)8-25(35)32-23-7-5-16-9-17(4-6-21(16)23)24(33-37-15(2)34)13-22(26(29,30)31)18-10-19(27)12-20(28)11-18/h4,6,9-14,23H,5,7-8H2,1-3H3,(H,32,35)/b22-13-,33-24?. The number of hydrogen-bond donors (Lipinski definition) is 1. The van der Waals surface area contributed by atoms with E-state index in [9.17, 15) is 22.8 Å². The number of carbonyl (C=O) groups excluding carboxylic acids is 2. The predicted molar refractivity (Wildman–Crippen MR) is 136 cm³/mol. The van der Waals surface area contributed by atoms with Crippen LogP contribution in [0.3, 0.4) is 0 Å². The number of methoxy groups -OCH3 is 1. The molecule has 1 aliphatic rings. The molecule has 0 bridgehead atoms. The van der Waals surface area contributed by atoms with Crippen molar-refractivity contribution in [2.24, 2.45) is 5.16 Å². The summed E-state index contributed by atoms with van der Waals surface area (Å²) < 4.78 is 47.4. The van der Waals surface area contributed by atoms with Crippen molar-refractivity contribution in [3.63, 3.8) is 0 Å². The van der Waals surface area contributed by atoms with Crippen LogP contribution in [0.1, 0.15) is 55.0 Å². The fourth-order valence-corrected chi connectivity index (χ4v) is 4.50. The second-order valence-corrected chi connectivity index (χ2v) is 9.47. The molecule has 2 atom stereocenters. The van der Waals surface area contributed by atoms with Gasteiger partial charge in [0.05, 0.1) is 24.1 Å². The van der Waals surface area contributed by atoms with Gasteiger partial charge in [0, 0.05) is 29.6 Å². The first-order valence-corrected chi connectivity index (χ1v) is 12.1. The van der Waals surface area contributed by atoms with E-state index in [0.29, 0.717) is 18.4 Å². The molecule has 0 saturated heterocycles. The topological polar surface area (TPSA) is 77.0 Å². The number of benzene rings is 2. The Morgan fingerprint density at radius 2 is 1.84 bits per heavy atom. The molecule has 2 aromatic carbocycles. The van der Waals surface area contributed by atoms with Crippen molar-refractivity contribution in [2.75, 3.05) is 7.11 Å². The highest BCUT2D eigenvalue weighted by Crippen LogP contribution is 2.37. The minimum absolute atomic E-state index is 0.0293. The number of carbonyl (C=O) groups is 2. The summed E-state index contributed by atoms with van der Waals surface area (Å²) in [4.78, 5) is 28.4. The monoisotopic (exact) mass is 556 g/mol. The summed E-state index contributed by atoms with van der Waals surface area (Å²) in [6.07, 6.45) is -2.81. The minimum Gasteiger partial charge on any atom is -0.381 e. The fraction of sp³-hybridized carbons (Fsp3) is 0.346. The van der Waals surface area contributed by atoms with Crippen molar-refractivity contribution in [1.29, 1.82) is 0 Å². The number of rotatable bonds is 8. The average Bonchev–Trinajstić information content (AvgIpc) is 3.19. The minimum atomic E-state index is -4.80. The normalized spacial score (nSPS) is 16.8. The molecule has 0 fully saturated rings. The smallest absolute Gasteiger partial charge is 0.381 e. The molecular weight excluding hydrogens is 532 g/mol. The molecule has 198 valence electrons. The van der Waals surface area contributed by atoms with Gasteiger partial charge in [-0.25, -0.2) is 4.79 Å². The maximum Gasteiger partial charge on any atom is 0.417 e. The first-order valence-electron chi connectivity index (χ1n) is 11.3. The van der Waals surface area contributed by atoms with Crippen molar-refractivity contribution in [1.82, 2.24) is 5.32 Å². The first kappa shape index (κ1) is 28.7. The zero-order valence-corrected chi connectivity index (χ0v) is 21.8. The number of nitrogens with zero attached hydrogens (tertiary/aromatic N) is 1. The maximum absolute atomic E-state index is 14.1. The second-order valence-electron chi connectivity index (χ2n) is 8.60. The quantitative estimate of drug-likeness (QED) is 0.231. The Morgan fingerprint density at radius 1 is 1.16 bits per heavy atom. The van der Waals surface area contributed by atoms with Gasteiger partial charge in [-0.3, -0.25) is 4.79 Å². The SMILES string of the molecule is COC(C)CC(=O)NC1CCc2cc(C(/C=C(/c3cc(Cl)cc(Cl)c3)C(F)(F)F)=NOC(C)=O)ccc21. The lowest BCUT2D eigenvalue weighted by Crippen LogP contribution is -2.30. The Morgan fingerprint density at radius 3 is 2.43 bits per heavy atom. The van der Waals surface area contributed by atoms with E-state index in [4.69, 9.17) is 32.8 Å². The second kappa shape index (κ2) is 12.1. The Bertz CT molecular complexity index is 1220. The number of amides is 1. The van der Waals surface area contributed by atoms with E-state index in [1.807, 2.05) is 0 Å². The van der Waals surface area contributed by atoms with Crippen LogP contribution in [0.4, 0.5) is 13.2 Å². The van der Waals surface area contributed by atoms with Crippen LogP contribution in [0, 0.1) is 0 Å². The van der Waals surface area contributed by atoms with Gasteiger partial charge in [0.25, 0.3) is 0 Å². The van der Waals surface area contributed by atoms with Crippen LogP contribution in [0.15, 0.2) is 47.6 Å². The zero-order valence-electron chi connectivity index (χ0n) is 20.3. The van der Waals surface area contributed by atoms with E-state index in [0.717, 1.165) is 36.3 Å². The van der Waals surface area contributed by atoms with E-state index < -0.39 is 17.7 Å². The molecule has 0 aliphatic heterocycles. The third kappa shape index (κ3) is 7.80. The van der Waals surface area contributed by atoms with Gasteiger partial charge in [-0.05, 0) is 66.8 Å². The summed E-state index contributed by atoms with van der Waals surface area (Å²) in [5, 5.41) is 6.72. The van der Waals surface area contributed by atoms with Crippen molar-refractivity contribution in [3.8, 4) is 0 Å². The van der Waals surface area contributed by atoms with Crippen LogP contribution < -0.4 is 5.32 Å². The van der Waals surface area contributed by atoms with Gasteiger partial charge in [0.15, 0.2) is 0 Å². The number of aryl methyl sites for hydroxylation is 1. The molecule has 0 aromatic heterocycles. The lowest BCUT2D eigenvalue weighted by atomic mass is 9.98. The van der Waals surface area contributed by atoms with Crippen LogP contribution in [0.25, 0.3) is 5.57 Å². The Kier molecular flexibility index (Phi) is 9.39. The van der Waals surface area contributed by atoms with Crippen molar-refractivity contribution in [3.05, 3.63) is 74.8 Å². The molecule has 1 aliphatic carbocycles. The van der Waals surface area contributed by atoms with Crippen LogP contribution in [-0.4, -0.2) is 37.0 Å². The van der Waals surface area contributed by atoms with Crippen LogP contribution in [0.2, 0.25) is 10.0 Å². The summed E-state index contributed by atoms with van der Waals surface area (Å²) in [7, 11) is 1.53.